The molecule has 0 aliphatic carbocycles. The Labute approximate surface area is 95.6 Å². The van der Waals surface area contributed by atoms with Gasteiger partial charge in [-0.3, -0.25) is 9.88 Å². The zero-order chi connectivity index (χ0) is 11.4. The van der Waals surface area contributed by atoms with Crippen molar-refractivity contribution in [2.75, 3.05) is 20.2 Å². The SMILES string of the molecule is COc1nccnc1CN1CCC[C@@H](N)C1. The Kier molecular flexibility index (Phi) is 3.69. The molecule has 0 amide bonds. The van der Waals surface area contributed by atoms with Crippen molar-refractivity contribution >= 4 is 0 Å². The Morgan fingerprint density at radius 2 is 2.31 bits per heavy atom. The van der Waals surface area contributed by atoms with E-state index in [1.54, 1.807) is 19.5 Å². The fraction of sp³-hybridized carbons (Fsp3) is 0.636. The van der Waals surface area contributed by atoms with Gasteiger partial charge < -0.3 is 10.5 Å². The maximum Gasteiger partial charge on any atom is 0.236 e. The van der Waals surface area contributed by atoms with Crippen LogP contribution in [-0.2, 0) is 6.54 Å². The standard InChI is InChI=1S/C11H18N4O/c1-16-11-10(13-4-5-14-11)8-15-6-2-3-9(12)7-15/h4-5,9H,2-3,6-8,12H2,1H3/t9-/m1/s1. The molecule has 0 spiro atoms. The van der Waals surface area contributed by atoms with E-state index in [9.17, 15) is 0 Å². The number of ether oxygens (including phenoxy) is 1. The van der Waals surface area contributed by atoms with E-state index in [2.05, 4.69) is 14.9 Å². The lowest BCUT2D eigenvalue weighted by molar-refractivity contribution is 0.196. The van der Waals surface area contributed by atoms with Crippen molar-refractivity contribution in [3.05, 3.63) is 18.1 Å². The molecule has 0 bridgehead atoms. The fourth-order valence-corrected chi connectivity index (χ4v) is 2.08. The first-order valence-corrected chi connectivity index (χ1v) is 5.61. The molecular weight excluding hydrogens is 204 g/mol. The van der Waals surface area contributed by atoms with Crippen LogP contribution in [0.2, 0.25) is 0 Å². The molecule has 5 nitrogen and oxygen atoms in total. The van der Waals surface area contributed by atoms with E-state index in [4.69, 9.17) is 10.5 Å². The number of rotatable bonds is 3. The van der Waals surface area contributed by atoms with E-state index >= 15 is 0 Å². The van der Waals surface area contributed by atoms with Gasteiger partial charge in [-0.1, -0.05) is 0 Å². The highest BCUT2D eigenvalue weighted by Gasteiger charge is 2.18. The summed E-state index contributed by atoms with van der Waals surface area (Å²) >= 11 is 0. The molecule has 0 unspecified atom stereocenters. The molecule has 0 radical (unpaired) electrons. The molecule has 0 aromatic carbocycles. The summed E-state index contributed by atoms with van der Waals surface area (Å²) in [6.45, 7) is 2.78. The molecule has 1 atom stereocenters. The topological polar surface area (TPSA) is 64.3 Å². The first-order chi connectivity index (χ1) is 7.79. The van der Waals surface area contributed by atoms with Gasteiger partial charge in [0.25, 0.3) is 0 Å². The van der Waals surface area contributed by atoms with Crippen molar-refractivity contribution in [3.63, 3.8) is 0 Å². The van der Waals surface area contributed by atoms with Gasteiger partial charge in [-0.2, -0.15) is 0 Å². The quantitative estimate of drug-likeness (QED) is 0.802. The minimum absolute atomic E-state index is 0.288. The Hall–Kier alpha value is -1.20. The second-order valence-corrected chi connectivity index (χ2v) is 4.15. The van der Waals surface area contributed by atoms with Gasteiger partial charge in [0.1, 0.15) is 5.69 Å². The van der Waals surface area contributed by atoms with Crippen LogP contribution in [0.5, 0.6) is 5.88 Å². The van der Waals surface area contributed by atoms with Crippen LogP contribution in [0.3, 0.4) is 0 Å². The first-order valence-electron chi connectivity index (χ1n) is 5.61. The van der Waals surface area contributed by atoms with E-state index in [0.29, 0.717) is 5.88 Å². The third-order valence-corrected chi connectivity index (χ3v) is 2.84. The number of piperidine rings is 1. The fourth-order valence-electron chi connectivity index (χ4n) is 2.08. The summed E-state index contributed by atoms with van der Waals surface area (Å²) in [4.78, 5) is 10.7. The number of methoxy groups -OCH3 is 1. The van der Waals surface area contributed by atoms with Gasteiger partial charge >= 0.3 is 0 Å². The molecule has 2 heterocycles. The van der Waals surface area contributed by atoms with Crippen LogP contribution in [0, 0.1) is 0 Å². The summed E-state index contributed by atoms with van der Waals surface area (Å²) in [5.74, 6) is 0.613. The van der Waals surface area contributed by atoms with Gasteiger partial charge in [0.05, 0.1) is 7.11 Å². The Morgan fingerprint density at radius 1 is 1.50 bits per heavy atom. The van der Waals surface area contributed by atoms with Crippen molar-refractivity contribution in [3.8, 4) is 5.88 Å². The molecule has 0 saturated carbocycles. The zero-order valence-corrected chi connectivity index (χ0v) is 9.59. The first kappa shape index (κ1) is 11.3. The zero-order valence-electron chi connectivity index (χ0n) is 9.59. The van der Waals surface area contributed by atoms with Gasteiger partial charge in [0.15, 0.2) is 0 Å². The minimum atomic E-state index is 0.288. The van der Waals surface area contributed by atoms with Crippen molar-refractivity contribution in [2.45, 2.75) is 25.4 Å². The average Bonchev–Trinajstić information content (AvgIpc) is 2.30. The van der Waals surface area contributed by atoms with E-state index in [1.807, 2.05) is 0 Å². The molecule has 2 N–H and O–H groups in total. The minimum Gasteiger partial charge on any atom is -0.480 e. The molecule has 1 aliphatic rings. The summed E-state index contributed by atoms with van der Waals surface area (Å²) in [5.41, 5.74) is 6.83. The number of aromatic nitrogens is 2. The van der Waals surface area contributed by atoms with E-state index in [1.165, 1.54) is 0 Å². The number of hydrogen-bond donors (Lipinski definition) is 1. The Balaban J connectivity index is 2.02. The maximum atomic E-state index is 5.94. The highest BCUT2D eigenvalue weighted by molar-refractivity contribution is 5.16. The molecule has 1 aliphatic heterocycles. The Bertz CT molecular complexity index is 345. The van der Waals surface area contributed by atoms with E-state index < -0.39 is 0 Å². The highest BCUT2D eigenvalue weighted by Crippen LogP contribution is 2.16. The maximum absolute atomic E-state index is 5.94. The van der Waals surface area contributed by atoms with Gasteiger partial charge in [-0.15, -0.1) is 0 Å². The highest BCUT2D eigenvalue weighted by atomic mass is 16.5. The second-order valence-electron chi connectivity index (χ2n) is 4.15. The van der Waals surface area contributed by atoms with Crippen LogP contribution < -0.4 is 10.5 Å². The third kappa shape index (κ3) is 2.68. The molecule has 1 fully saturated rings. The lowest BCUT2D eigenvalue weighted by Crippen LogP contribution is -2.42. The molecule has 1 aromatic rings. The van der Waals surface area contributed by atoms with E-state index in [0.717, 1.165) is 38.2 Å². The lowest BCUT2D eigenvalue weighted by Gasteiger charge is -2.30. The van der Waals surface area contributed by atoms with Crippen LogP contribution >= 0.6 is 0 Å². The monoisotopic (exact) mass is 222 g/mol. The number of likely N-dealkylation sites (tertiary alicyclic amines) is 1. The van der Waals surface area contributed by atoms with Gasteiger partial charge in [-0.25, -0.2) is 4.98 Å². The van der Waals surface area contributed by atoms with Crippen molar-refractivity contribution in [1.29, 1.82) is 0 Å². The summed E-state index contributed by atoms with van der Waals surface area (Å²) in [6.07, 6.45) is 5.61. The van der Waals surface area contributed by atoms with Crippen LogP contribution in [0.1, 0.15) is 18.5 Å². The van der Waals surface area contributed by atoms with Gasteiger partial charge in [0, 0.05) is 31.5 Å². The number of hydrogen-bond acceptors (Lipinski definition) is 5. The normalized spacial score (nSPS) is 22.0. The van der Waals surface area contributed by atoms with Crippen LogP contribution in [-0.4, -0.2) is 41.1 Å². The lowest BCUT2D eigenvalue weighted by atomic mass is 10.1. The summed E-state index contributed by atoms with van der Waals surface area (Å²) in [5, 5.41) is 0. The number of nitrogens with zero attached hydrogens (tertiary/aromatic N) is 3. The number of nitrogens with two attached hydrogens (primary N) is 1. The summed E-state index contributed by atoms with van der Waals surface area (Å²) < 4.78 is 5.18. The molecule has 5 heteroatoms. The van der Waals surface area contributed by atoms with E-state index in [-0.39, 0.29) is 6.04 Å². The molecule has 1 aromatic heterocycles. The molecule has 88 valence electrons. The molecule has 2 rings (SSSR count). The Morgan fingerprint density at radius 3 is 3.06 bits per heavy atom. The smallest absolute Gasteiger partial charge is 0.236 e. The summed E-state index contributed by atoms with van der Waals surface area (Å²) in [6, 6.07) is 0.288. The van der Waals surface area contributed by atoms with Crippen molar-refractivity contribution < 1.29 is 4.74 Å². The van der Waals surface area contributed by atoms with Gasteiger partial charge in [0.2, 0.25) is 5.88 Å². The second kappa shape index (κ2) is 5.23. The van der Waals surface area contributed by atoms with Gasteiger partial charge in [-0.05, 0) is 19.4 Å². The molecule has 16 heavy (non-hydrogen) atoms. The average molecular weight is 222 g/mol. The van der Waals surface area contributed by atoms with Crippen molar-refractivity contribution in [2.24, 2.45) is 5.73 Å². The van der Waals surface area contributed by atoms with Crippen LogP contribution in [0.4, 0.5) is 0 Å². The largest absolute Gasteiger partial charge is 0.480 e. The van der Waals surface area contributed by atoms with Crippen LogP contribution in [0.25, 0.3) is 0 Å². The third-order valence-electron chi connectivity index (χ3n) is 2.84. The molecule has 1 saturated heterocycles. The molecular formula is C11H18N4O. The predicted octanol–water partition coefficient (Wildman–Crippen LogP) is 0.408. The van der Waals surface area contributed by atoms with Crippen molar-refractivity contribution in [1.82, 2.24) is 14.9 Å². The summed E-state index contributed by atoms with van der Waals surface area (Å²) in [7, 11) is 1.62. The predicted molar refractivity (Wildman–Crippen MR) is 61.1 cm³/mol. The van der Waals surface area contributed by atoms with Crippen LogP contribution in [0.15, 0.2) is 12.4 Å².